The van der Waals surface area contributed by atoms with E-state index in [1.807, 2.05) is 17.0 Å². The van der Waals surface area contributed by atoms with Crippen molar-refractivity contribution in [3.63, 3.8) is 0 Å². The molecular formula is C17H24ClN3O. The molecule has 1 aromatic carbocycles. The molecule has 0 aromatic heterocycles. The molecular weight excluding hydrogens is 298 g/mol. The van der Waals surface area contributed by atoms with Crippen LogP contribution in [0.2, 0.25) is 5.02 Å². The van der Waals surface area contributed by atoms with E-state index in [4.69, 9.17) is 11.6 Å². The molecule has 2 heterocycles. The third-order valence-electron chi connectivity index (χ3n) is 4.88. The summed E-state index contributed by atoms with van der Waals surface area (Å²) in [6, 6.07) is 7.89. The molecule has 0 bridgehead atoms. The van der Waals surface area contributed by atoms with Crippen LogP contribution in [0.25, 0.3) is 0 Å². The van der Waals surface area contributed by atoms with Gasteiger partial charge < -0.3 is 9.80 Å². The van der Waals surface area contributed by atoms with Crippen LogP contribution in [0.3, 0.4) is 0 Å². The highest BCUT2D eigenvalue weighted by Crippen LogP contribution is 2.20. The average Bonchev–Trinajstić information content (AvgIpc) is 2.55. The van der Waals surface area contributed by atoms with Crippen molar-refractivity contribution in [1.29, 1.82) is 0 Å². The first kappa shape index (κ1) is 15.8. The Morgan fingerprint density at radius 3 is 2.41 bits per heavy atom. The van der Waals surface area contributed by atoms with Crippen LogP contribution in [-0.2, 0) is 0 Å². The van der Waals surface area contributed by atoms with E-state index >= 15 is 0 Å². The number of benzene rings is 1. The van der Waals surface area contributed by atoms with Crippen LogP contribution in [0.1, 0.15) is 23.2 Å². The smallest absolute Gasteiger partial charge is 0.253 e. The second-order valence-electron chi connectivity index (χ2n) is 6.37. The summed E-state index contributed by atoms with van der Waals surface area (Å²) < 4.78 is 0. The second kappa shape index (κ2) is 6.99. The van der Waals surface area contributed by atoms with Crippen molar-refractivity contribution in [3.05, 3.63) is 34.9 Å². The second-order valence-corrected chi connectivity index (χ2v) is 6.81. The maximum atomic E-state index is 12.5. The summed E-state index contributed by atoms with van der Waals surface area (Å²) in [7, 11) is 2.18. The highest BCUT2D eigenvalue weighted by molar-refractivity contribution is 6.30. The van der Waals surface area contributed by atoms with Crippen molar-refractivity contribution in [2.75, 3.05) is 46.3 Å². The van der Waals surface area contributed by atoms with Gasteiger partial charge in [0.2, 0.25) is 0 Å². The van der Waals surface area contributed by atoms with Crippen LogP contribution >= 0.6 is 11.6 Å². The quantitative estimate of drug-likeness (QED) is 0.835. The Labute approximate surface area is 137 Å². The third kappa shape index (κ3) is 3.62. The minimum Gasteiger partial charge on any atom is -0.339 e. The van der Waals surface area contributed by atoms with E-state index in [2.05, 4.69) is 16.8 Å². The monoisotopic (exact) mass is 321 g/mol. The van der Waals surface area contributed by atoms with Gasteiger partial charge in [-0.25, -0.2) is 0 Å². The Balaban J connectivity index is 1.54. The van der Waals surface area contributed by atoms with Gasteiger partial charge in [-0.1, -0.05) is 17.7 Å². The number of piperazine rings is 1. The fourth-order valence-corrected chi connectivity index (χ4v) is 3.62. The molecule has 22 heavy (non-hydrogen) atoms. The lowest BCUT2D eigenvalue weighted by atomic mass is 10.0. The molecule has 0 radical (unpaired) electrons. The van der Waals surface area contributed by atoms with Gasteiger partial charge >= 0.3 is 0 Å². The number of carbonyl (C=O) groups excluding carboxylic acids is 1. The molecule has 1 amide bonds. The van der Waals surface area contributed by atoms with Crippen LogP contribution < -0.4 is 0 Å². The summed E-state index contributed by atoms with van der Waals surface area (Å²) in [5.41, 5.74) is 0.700. The minimum atomic E-state index is 0.110. The fourth-order valence-electron chi connectivity index (χ4n) is 3.43. The maximum Gasteiger partial charge on any atom is 0.253 e. The van der Waals surface area contributed by atoms with Crippen LogP contribution in [-0.4, -0.2) is 73.0 Å². The molecule has 5 heteroatoms. The van der Waals surface area contributed by atoms with Gasteiger partial charge in [-0.05, 0) is 38.1 Å². The summed E-state index contributed by atoms with van der Waals surface area (Å²) in [6.45, 7) is 6.32. The van der Waals surface area contributed by atoms with E-state index in [1.165, 1.54) is 0 Å². The van der Waals surface area contributed by atoms with E-state index in [0.717, 1.165) is 52.1 Å². The number of hydrogen-bond donors (Lipinski definition) is 0. The number of carbonyl (C=O) groups is 1. The molecule has 2 aliphatic heterocycles. The van der Waals surface area contributed by atoms with Crippen LogP contribution in [0, 0.1) is 0 Å². The van der Waals surface area contributed by atoms with Gasteiger partial charge in [-0.3, -0.25) is 9.69 Å². The molecule has 4 nitrogen and oxygen atoms in total. The molecule has 2 saturated heterocycles. The first-order chi connectivity index (χ1) is 10.6. The van der Waals surface area contributed by atoms with Gasteiger partial charge in [-0.2, -0.15) is 0 Å². The Morgan fingerprint density at radius 1 is 1.09 bits per heavy atom. The summed E-state index contributed by atoms with van der Waals surface area (Å²) >= 11 is 5.98. The van der Waals surface area contributed by atoms with E-state index in [-0.39, 0.29) is 5.91 Å². The van der Waals surface area contributed by atoms with Crippen molar-refractivity contribution in [2.45, 2.75) is 18.9 Å². The number of likely N-dealkylation sites (N-methyl/N-ethyl adjacent to an activating group) is 1. The van der Waals surface area contributed by atoms with Crippen molar-refractivity contribution in [2.24, 2.45) is 0 Å². The van der Waals surface area contributed by atoms with Crippen molar-refractivity contribution < 1.29 is 4.79 Å². The summed E-state index contributed by atoms with van der Waals surface area (Å²) in [6.07, 6.45) is 2.16. The molecule has 0 atom stereocenters. The molecule has 3 rings (SSSR count). The average molecular weight is 322 g/mol. The lowest BCUT2D eigenvalue weighted by Crippen LogP contribution is -2.52. The van der Waals surface area contributed by atoms with Gasteiger partial charge in [0.1, 0.15) is 0 Å². The van der Waals surface area contributed by atoms with Crippen molar-refractivity contribution in [1.82, 2.24) is 14.7 Å². The molecule has 2 fully saturated rings. The number of hydrogen-bond acceptors (Lipinski definition) is 3. The summed E-state index contributed by atoms with van der Waals surface area (Å²) in [5.74, 6) is 0.110. The number of piperidine rings is 1. The van der Waals surface area contributed by atoms with Crippen LogP contribution in [0.4, 0.5) is 0 Å². The number of nitrogens with zero attached hydrogens (tertiary/aromatic N) is 3. The fraction of sp³-hybridized carbons (Fsp3) is 0.588. The van der Waals surface area contributed by atoms with Gasteiger partial charge in [0.15, 0.2) is 0 Å². The highest BCUT2D eigenvalue weighted by Gasteiger charge is 2.28. The zero-order valence-corrected chi connectivity index (χ0v) is 13.9. The summed E-state index contributed by atoms with van der Waals surface area (Å²) in [5, 5.41) is 0.623. The number of likely N-dealkylation sites (tertiary alicyclic amines) is 1. The number of rotatable bonds is 2. The van der Waals surface area contributed by atoms with E-state index in [0.29, 0.717) is 16.6 Å². The SMILES string of the molecule is CN1CCN(C2CCN(C(=O)c3cccc(Cl)c3)CC2)CC1. The highest BCUT2D eigenvalue weighted by atomic mass is 35.5. The Kier molecular flexibility index (Phi) is 5.01. The first-order valence-corrected chi connectivity index (χ1v) is 8.49. The van der Waals surface area contributed by atoms with E-state index in [1.54, 1.807) is 12.1 Å². The number of halogens is 1. The van der Waals surface area contributed by atoms with Gasteiger partial charge in [0, 0.05) is 55.9 Å². The molecule has 120 valence electrons. The van der Waals surface area contributed by atoms with Gasteiger partial charge in [-0.15, -0.1) is 0 Å². The lowest BCUT2D eigenvalue weighted by Gasteiger charge is -2.42. The minimum absolute atomic E-state index is 0.110. The lowest BCUT2D eigenvalue weighted by molar-refractivity contribution is 0.0519. The summed E-state index contributed by atoms with van der Waals surface area (Å²) in [4.78, 5) is 19.5. The molecule has 0 N–H and O–H groups in total. The van der Waals surface area contributed by atoms with E-state index < -0.39 is 0 Å². The van der Waals surface area contributed by atoms with Crippen molar-refractivity contribution in [3.8, 4) is 0 Å². The molecule has 1 aromatic rings. The van der Waals surface area contributed by atoms with Gasteiger partial charge in [0.05, 0.1) is 0 Å². The standard InChI is InChI=1S/C17H24ClN3O/c1-19-9-11-20(12-10-19)16-5-7-21(8-6-16)17(22)14-3-2-4-15(18)13-14/h2-4,13,16H,5-12H2,1H3. The Morgan fingerprint density at radius 2 is 1.77 bits per heavy atom. The Bertz CT molecular complexity index is 520. The largest absolute Gasteiger partial charge is 0.339 e. The molecule has 0 aliphatic carbocycles. The zero-order valence-electron chi connectivity index (χ0n) is 13.2. The predicted molar refractivity (Wildman–Crippen MR) is 89.4 cm³/mol. The number of amides is 1. The molecule has 0 saturated carbocycles. The first-order valence-electron chi connectivity index (χ1n) is 8.11. The Hall–Kier alpha value is -1.10. The topological polar surface area (TPSA) is 26.8 Å². The van der Waals surface area contributed by atoms with Crippen LogP contribution in [0.5, 0.6) is 0 Å². The predicted octanol–water partition coefficient (Wildman–Crippen LogP) is 2.19. The van der Waals surface area contributed by atoms with Crippen LogP contribution in [0.15, 0.2) is 24.3 Å². The van der Waals surface area contributed by atoms with Gasteiger partial charge in [0.25, 0.3) is 5.91 Å². The van der Waals surface area contributed by atoms with E-state index in [9.17, 15) is 4.79 Å². The van der Waals surface area contributed by atoms with Crippen molar-refractivity contribution >= 4 is 17.5 Å². The molecule has 0 unspecified atom stereocenters. The molecule has 2 aliphatic rings. The normalized spacial score (nSPS) is 22.0. The molecule has 0 spiro atoms. The maximum absolute atomic E-state index is 12.5. The zero-order chi connectivity index (χ0) is 15.5. The third-order valence-corrected chi connectivity index (χ3v) is 5.11.